The summed E-state index contributed by atoms with van der Waals surface area (Å²) < 4.78 is 0. The molecule has 3 heteroatoms. The van der Waals surface area contributed by atoms with Gasteiger partial charge in [0.2, 0.25) is 0 Å². The molecule has 108 valence electrons. The number of pyridine rings is 1. The van der Waals surface area contributed by atoms with Gasteiger partial charge in [0.15, 0.2) is 0 Å². The zero-order valence-corrected chi connectivity index (χ0v) is 13.6. The molecule has 0 aliphatic rings. The number of thiophene rings is 1. The molecule has 0 spiro atoms. The molecule has 0 radical (unpaired) electrons. The van der Waals surface area contributed by atoms with Crippen LogP contribution in [0.4, 0.5) is 0 Å². The number of hydrogen-bond donors (Lipinski definition) is 1. The van der Waals surface area contributed by atoms with E-state index in [2.05, 4.69) is 59.4 Å². The predicted molar refractivity (Wildman–Crippen MR) is 95.6 cm³/mol. The molecule has 0 aliphatic heterocycles. The van der Waals surface area contributed by atoms with Crippen molar-refractivity contribution in [2.45, 2.75) is 25.2 Å². The van der Waals surface area contributed by atoms with Gasteiger partial charge < -0.3 is 0 Å². The summed E-state index contributed by atoms with van der Waals surface area (Å²) in [7, 11) is 0. The second-order valence-corrected chi connectivity index (χ2v) is 6.68. The first-order valence-corrected chi connectivity index (χ1v) is 8.86. The molecular formula is C18H19NS2. The van der Waals surface area contributed by atoms with Crippen LogP contribution in [-0.2, 0) is 6.42 Å². The highest BCUT2D eigenvalue weighted by Gasteiger charge is 2.15. The fraction of sp³-hybridized carbons (Fsp3) is 0.278. The van der Waals surface area contributed by atoms with Gasteiger partial charge in [-0.05, 0) is 53.3 Å². The summed E-state index contributed by atoms with van der Waals surface area (Å²) in [6, 6.07) is 14.9. The third-order valence-electron chi connectivity index (χ3n) is 3.84. The van der Waals surface area contributed by atoms with Crippen molar-refractivity contribution >= 4 is 34.7 Å². The fourth-order valence-electron chi connectivity index (χ4n) is 2.74. The average molecular weight is 313 g/mol. The minimum absolute atomic E-state index is 0.486. The summed E-state index contributed by atoms with van der Waals surface area (Å²) in [6.45, 7) is 0. The van der Waals surface area contributed by atoms with E-state index in [1.54, 1.807) is 0 Å². The Kier molecular flexibility index (Phi) is 4.94. The zero-order valence-electron chi connectivity index (χ0n) is 11.9. The molecule has 0 aliphatic carbocycles. The van der Waals surface area contributed by atoms with Gasteiger partial charge in [-0.3, -0.25) is 4.98 Å². The number of rotatable bonds is 6. The topological polar surface area (TPSA) is 12.9 Å². The van der Waals surface area contributed by atoms with E-state index in [1.165, 1.54) is 21.3 Å². The average Bonchev–Trinajstić information content (AvgIpc) is 2.95. The summed E-state index contributed by atoms with van der Waals surface area (Å²) in [5.74, 6) is 1.43. The van der Waals surface area contributed by atoms with Gasteiger partial charge in [0.05, 0.1) is 0 Å². The van der Waals surface area contributed by atoms with Crippen molar-refractivity contribution in [3.63, 3.8) is 0 Å². The van der Waals surface area contributed by atoms with Crippen LogP contribution in [0.1, 0.15) is 29.3 Å². The lowest BCUT2D eigenvalue weighted by Crippen LogP contribution is -2.05. The van der Waals surface area contributed by atoms with E-state index in [0.29, 0.717) is 5.92 Å². The largest absolute Gasteiger partial charge is 0.261 e. The van der Waals surface area contributed by atoms with Crippen LogP contribution in [-0.4, -0.2) is 10.7 Å². The van der Waals surface area contributed by atoms with E-state index < -0.39 is 0 Å². The second-order valence-electron chi connectivity index (χ2n) is 5.27. The minimum atomic E-state index is 0.486. The van der Waals surface area contributed by atoms with Gasteiger partial charge >= 0.3 is 0 Å². The molecule has 1 aromatic carbocycles. The van der Waals surface area contributed by atoms with Crippen LogP contribution in [0.15, 0.2) is 54.0 Å². The van der Waals surface area contributed by atoms with Crippen LogP contribution >= 0.6 is 24.0 Å². The summed E-state index contributed by atoms with van der Waals surface area (Å²) in [5, 5.41) is 5.01. The lowest BCUT2D eigenvalue weighted by atomic mass is 9.93. The Morgan fingerprint density at radius 2 is 1.95 bits per heavy atom. The molecule has 1 unspecified atom stereocenters. The lowest BCUT2D eigenvalue weighted by Gasteiger charge is -2.15. The van der Waals surface area contributed by atoms with Crippen LogP contribution in [0.25, 0.3) is 10.8 Å². The van der Waals surface area contributed by atoms with E-state index in [-0.39, 0.29) is 0 Å². The molecule has 21 heavy (non-hydrogen) atoms. The summed E-state index contributed by atoms with van der Waals surface area (Å²) in [5.41, 5.74) is 1.21. The standard InChI is InChI=1S/C18H19NS2/c20-11-5-7-14(17-9-3-4-10-19-17)12-18-16-8-2-1-6-15(16)13-21-18/h1-4,6,8-10,13-14,20H,5,7,11-12H2. The van der Waals surface area contributed by atoms with Crippen LogP contribution < -0.4 is 0 Å². The van der Waals surface area contributed by atoms with Gasteiger partial charge in [-0.25, -0.2) is 0 Å². The fourth-order valence-corrected chi connectivity index (χ4v) is 4.01. The predicted octanol–water partition coefficient (Wildman–Crippen LogP) is 5.33. The van der Waals surface area contributed by atoms with E-state index in [0.717, 1.165) is 25.0 Å². The van der Waals surface area contributed by atoms with Gasteiger partial charge in [0.25, 0.3) is 0 Å². The van der Waals surface area contributed by atoms with E-state index >= 15 is 0 Å². The van der Waals surface area contributed by atoms with E-state index in [4.69, 9.17) is 0 Å². The SMILES string of the molecule is SCCCC(Cc1scc2ccccc12)c1ccccn1. The van der Waals surface area contributed by atoms with Crippen LogP contribution in [0.3, 0.4) is 0 Å². The van der Waals surface area contributed by atoms with Gasteiger partial charge in [-0.2, -0.15) is 12.6 Å². The van der Waals surface area contributed by atoms with Crippen molar-refractivity contribution in [3.05, 3.63) is 64.6 Å². The maximum absolute atomic E-state index is 4.57. The number of aromatic nitrogens is 1. The number of nitrogens with zero attached hydrogens (tertiary/aromatic N) is 1. The highest BCUT2D eigenvalue weighted by atomic mass is 32.1. The molecule has 0 N–H and O–H groups in total. The van der Waals surface area contributed by atoms with Gasteiger partial charge in [0, 0.05) is 22.7 Å². The maximum Gasteiger partial charge on any atom is 0.0438 e. The zero-order chi connectivity index (χ0) is 14.5. The highest BCUT2D eigenvalue weighted by Crippen LogP contribution is 2.32. The Balaban J connectivity index is 1.87. The van der Waals surface area contributed by atoms with E-state index in [1.807, 2.05) is 23.6 Å². The number of fused-ring (bicyclic) bond motifs is 1. The van der Waals surface area contributed by atoms with Crippen molar-refractivity contribution in [2.24, 2.45) is 0 Å². The molecule has 2 heterocycles. The molecule has 3 rings (SSSR count). The van der Waals surface area contributed by atoms with Crippen molar-refractivity contribution in [1.29, 1.82) is 0 Å². The van der Waals surface area contributed by atoms with Crippen LogP contribution in [0.2, 0.25) is 0 Å². The minimum Gasteiger partial charge on any atom is -0.261 e. The first-order chi connectivity index (χ1) is 10.4. The number of thiol groups is 1. The number of hydrogen-bond acceptors (Lipinski definition) is 3. The Morgan fingerprint density at radius 1 is 1.10 bits per heavy atom. The van der Waals surface area contributed by atoms with Crippen LogP contribution in [0.5, 0.6) is 0 Å². The molecule has 3 aromatic rings. The Hall–Kier alpha value is -1.32. The summed E-state index contributed by atoms with van der Waals surface area (Å²) >= 11 is 6.24. The van der Waals surface area contributed by atoms with Gasteiger partial charge in [-0.1, -0.05) is 30.3 Å². The maximum atomic E-state index is 4.57. The summed E-state index contributed by atoms with van der Waals surface area (Å²) in [6.07, 6.45) is 5.25. The molecular weight excluding hydrogens is 294 g/mol. The Labute approximate surface area is 135 Å². The smallest absolute Gasteiger partial charge is 0.0438 e. The van der Waals surface area contributed by atoms with Crippen molar-refractivity contribution in [3.8, 4) is 0 Å². The molecule has 0 fully saturated rings. The van der Waals surface area contributed by atoms with Crippen molar-refractivity contribution in [1.82, 2.24) is 4.98 Å². The normalized spacial score (nSPS) is 12.6. The monoisotopic (exact) mass is 313 g/mol. The second kappa shape index (κ2) is 7.10. The summed E-state index contributed by atoms with van der Waals surface area (Å²) in [4.78, 5) is 6.04. The molecule has 0 amide bonds. The first kappa shape index (κ1) is 14.6. The molecule has 0 bridgehead atoms. The molecule has 1 nitrogen and oxygen atoms in total. The first-order valence-electron chi connectivity index (χ1n) is 7.35. The molecule has 1 atom stereocenters. The number of benzene rings is 1. The van der Waals surface area contributed by atoms with Gasteiger partial charge in [0.1, 0.15) is 0 Å². The van der Waals surface area contributed by atoms with Crippen LogP contribution in [0, 0.1) is 0 Å². The quantitative estimate of drug-likeness (QED) is 0.607. The lowest BCUT2D eigenvalue weighted by molar-refractivity contribution is 0.604. The molecule has 0 saturated heterocycles. The van der Waals surface area contributed by atoms with Gasteiger partial charge in [-0.15, -0.1) is 11.3 Å². The van der Waals surface area contributed by atoms with E-state index in [9.17, 15) is 0 Å². The Bertz CT molecular complexity index is 691. The Morgan fingerprint density at radius 3 is 2.76 bits per heavy atom. The highest BCUT2D eigenvalue weighted by molar-refractivity contribution is 7.80. The van der Waals surface area contributed by atoms with Crippen molar-refractivity contribution in [2.75, 3.05) is 5.75 Å². The third-order valence-corrected chi connectivity index (χ3v) is 5.20. The third kappa shape index (κ3) is 3.47. The molecule has 0 saturated carbocycles. The van der Waals surface area contributed by atoms with Crippen molar-refractivity contribution < 1.29 is 0 Å². The molecule has 2 aromatic heterocycles.